The van der Waals surface area contributed by atoms with Crippen LogP contribution >= 0.6 is 0 Å². The second-order valence-electron chi connectivity index (χ2n) is 4.90. The number of imidazole rings is 1. The zero-order chi connectivity index (χ0) is 13.6. The lowest BCUT2D eigenvalue weighted by Gasteiger charge is -2.06. The summed E-state index contributed by atoms with van der Waals surface area (Å²) in [6, 6.07) is 8.35. The van der Waals surface area contributed by atoms with Gasteiger partial charge < -0.3 is 15.3 Å². The third-order valence-electron chi connectivity index (χ3n) is 3.67. The van der Waals surface area contributed by atoms with E-state index in [-0.39, 0.29) is 0 Å². The summed E-state index contributed by atoms with van der Waals surface area (Å²) in [5, 5.41) is 1.23. The van der Waals surface area contributed by atoms with Crippen molar-refractivity contribution in [1.82, 2.24) is 14.5 Å². The third kappa shape index (κ3) is 1.68. The van der Waals surface area contributed by atoms with Crippen LogP contribution in [0.2, 0.25) is 0 Å². The highest BCUT2D eigenvalue weighted by Gasteiger charge is 2.18. The Balaban J connectivity index is 2.36. The first-order valence-corrected chi connectivity index (χ1v) is 6.43. The number of H-pyrrole nitrogens is 1. The highest BCUT2D eigenvalue weighted by Crippen LogP contribution is 2.34. The topological polar surface area (TPSA) is 59.6 Å². The normalized spacial score (nSPS) is 11.4. The van der Waals surface area contributed by atoms with Crippen LogP contribution in [-0.4, -0.2) is 14.5 Å². The van der Waals surface area contributed by atoms with Crippen molar-refractivity contribution >= 4 is 10.9 Å². The predicted octanol–water partition coefficient (Wildman–Crippen LogP) is 2.64. The maximum Gasteiger partial charge on any atom is 0.122 e. The Bertz CT molecular complexity index is 749. The molecule has 0 fully saturated rings. The number of para-hydroxylation sites is 1. The molecular weight excluding hydrogens is 236 g/mol. The summed E-state index contributed by atoms with van der Waals surface area (Å²) in [5.41, 5.74) is 11.5. The molecule has 0 saturated heterocycles. The molecule has 0 bridgehead atoms. The average Bonchev–Trinajstić information content (AvgIpc) is 2.86. The molecule has 4 nitrogen and oxygen atoms in total. The van der Waals surface area contributed by atoms with Crippen molar-refractivity contribution in [3.63, 3.8) is 0 Å². The Morgan fingerprint density at radius 3 is 2.68 bits per heavy atom. The number of aryl methyl sites for hydroxylation is 2. The van der Waals surface area contributed by atoms with Crippen molar-refractivity contribution in [3.8, 4) is 11.3 Å². The Labute approximate surface area is 112 Å². The zero-order valence-corrected chi connectivity index (χ0v) is 11.5. The van der Waals surface area contributed by atoms with Gasteiger partial charge in [0.25, 0.3) is 0 Å². The van der Waals surface area contributed by atoms with Crippen molar-refractivity contribution in [2.24, 2.45) is 12.8 Å². The molecule has 0 aliphatic rings. The van der Waals surface area contributed by atoms with E-state index in [1.54, 1.807) is 0 Å². The van der Waals surface area contributed by atoms with E-state index in [0.29, 0.717) is 6.54 Å². The van der Waals surface area contributed by atoms with E-state index in [1.807, 2.05) is 20.0 Å². The number of rotatable bonds is 2. The third-order valence-corrected chi connectivity index (χ3v) is 3.67. The molecular formula is C15H18N4. The fourth-order valence-electron chi connectivity index (χ4n) is 2.81. The predicted molar refractivity (Wildman–Crippen MR) is 77.9 cm³/mol. The van der Waals surface area contributed by atoms with Crippen LogP contribution in [0.5, 0.6) is 0 Å². The van der Waals surface area contributed by atoms with Gasteiger partial charge in [0.05, 0.1) is 17.9 Å². The van der Waals surface area contributed by atoms with Crippen LogP contribution in [0.1, 0.15) is 17.2 Å². The molecule has 0 amide bonds. The number of nitrogens with zero attached hydrogens (tertiary/aromatic N) is 2. The molecule has 0 aliphatic heterocycles. The standard InChI is InChI=1S/C15H18N4/c1-9-14(11-6-4-5-7-12(11)17-9)15-10(2)18-13(8-16)19(15)3/h4-7,17H,8,16H2,1-3H3. The van der Waals surface area contributed by atoms with Gasteiger partial charge in [-0.15, -0.1) is 0 Å². The van der Waals surface area contributed by atoms with Crippen LogP contribution in [0.3, 0.4) is 0 Å². The van der Waals surface area contributed by atoms with E-state index in [2.05, 4.69) is 39.7 Å². The minimum Gasteiger partial charge on any atom is -0.358 e. The van der Waals surface area contributed by atoms with Gasteiger partial charge >= 0.3 is 0 Å². The SMILES string of the molecule is Cc1nc(CN)n(C)c1-c1c(C)[nH]c2ccccc12. The minimum absolute atomic E-state index is 0.457. The van der Waals surface area contributed by atoms with E-state index in [1.165, 1.54) is 10.9 Å². The monoisotopic (exact) mass is 254 g/mol. The molecule has 3 aromatic rings. The fraction of sp³-hybridized carbons (Fsp3) is 0.267. The van der Waals surface area contributed by atoms with Gasteiger partial charge in [0.2, 0.25) is 0 Å². The number of benzene rings is 1. The second kappa shape index (κ2) is 4.24. The van der Waals surface area contributed by atoms with Crippen molar-refractivity contribution in [2.75, 3.05) is 0 Å². The lowest BCUT2D eigenvalue weighted by Crippen LogP contribution is -2.05. The molecule has 2 aromatic heterocycles. The largest absolute Gasteiger partial charge is 0.358 e. The summed E-state index contributed by atoms with van der Waals surface area (Å²) in [6.07, 6.45) is 0. The number of aromatic amines is 1. The first-order valence-electron chi connectivity index (χ1n) is 6.43. The first-order chi connectivity index (χ1) is 9.13. The maximum atomic E-state index is 5.75. The lowest BCUT2D eigenvalue weighted by molar-refractivity contribution is 0.798. The Morgan fingerprint density at radius 2 is 2.00 bits per heavy atom. The van der Waals surface area contributed by atoms with Crippen LogP contribution < -0.4 is 5.73 Å². The molecule has 0 saturated carbocycles. The highest BCUT2D eigenvalue weighted by molar-refractivity contribution is 5.97. The molecule has 0 atom stereocenters. The first kappa shape index (κ1) is 12.0. The van der Waals surface area contributed by atoms with Crippen LogP contribution in [0.4, 0.5) is 0 Å². The van der Waals surface area contributed by atoms with Crippen LogP contribution in [0, 0.1) is 13.8 Å². The maximum absolute atomic E-state index is 5.75. The van der Waals surface area contributed by atoms with Crippen molar-refractivity contribution in [2.45, 2.75) is 20.4 Å². The van der Waals surface area contributed by atoms with Gasteiger partial charge in [-0.25, -0.2) is 4.98 Å². The number of hydrogen-bond acceptors (Lipinski definition) is 2. The van der Waals surface area contributed by atoms with E-state index < -0.39 is 0 Å². The highest BCUT2D eigenvalue weighted by atomic mass is 15.1. The molecule has 0 radical (unpaired) electrons. The van der Waals surface area contributed by atoms with E-state index in [4.69, 9.17) is 5.73 Å². The summed E-state index contributed by atoms with van der Waals surface area (Å²) in [4.78, 5) is 7.99. The van der Waals surface area contributed by atoms with Crippen molar-refractivity contribution < 1.29 is 0 Å². The van der Waals surface area contributed by atoms with Gasteiger partial charge in [-0.3, -0.25) is 0 Å². The minimum atomic E-state index is 0.457. The van der Waals surface area contributed by atoms with Gasteiger partial charge in [-0.1, -0.05) is 18.2 Å². The van der Waals surface area contributed by atoms with Crippen LogP contribution in [-0.2, 0) is 13.6 Å². The van der Waals surface area contributed by atoms with E-state index >= 15 is 0 Å². The molecule has 98 valence electrons. The average molecular weight is 254 g/mol. The Hall–Kier alpha value is -2.07. The summed E-state index contributed by atoms with van der Waals surface area (Å²) < 4.78 is 2.10. The number of aromatic nitrogens is 3. The summed E-state index contributed by atoms with van der Waals surface area (Å²) in [6.45, 7) is 4.60. The second-order valence-corrected chi connectivity index (χ2v) is 4.90. The quantitative estimate of drug-likeness (QED) is 0.738. The number of nitrogens with two attached hydrogens (primary N) is 1. The van der Waals surface area contributed by atoms with Gasteiger partial charge in [0.15, 0.2) is 0 Å². The van der Waals surface area contributed by atoms with Gasteiger partial charge in [-0.05, 0) is 19.9 Å². The molecule has 0 spiro atoms. The van der Waals surface area contributed by atoms with Crippen molar-refractivity contribution in [3.05, 3.63) is 41.5 Å². The Kier molecular flexibility index (Phi) is 2.68. The summed E-state index contributed by atoms with van der Waals surface area (Å²) in [7, 11) is 2.03. The smallest absolute Gasteiger partial charge is 0.122 e. The Morgan fingerprint density at radius 1 is 1.26 bits per heavy atom. The molecule has 4 heteroatoms. The molecule has 0 aliphatic carbocycles. The summed E-state index contributed by atoms with van der Waals surface area (Å²) >= 11 is 0. The summed E-state index contributed by atoms with van der Waals surface area (Å²) in [5.74, 6) is 0.914. The number of fused-ring (bicyclic) bond motifs is 1. The molecule has 2 heterocycles. The van der Waals surface area contributed by atoms with Gasteiger partial charge in [0, 0.05) is 29.2 Å². The van der Waals surface area contributed by atoms with E-state index in [9.17, 15) is 0 Å². The fourth-order valence-corrected chi connectivity index (χ4v) is 2.81. The molecule has 19 heavy (non-hydrogen) atoms. The van der Waals surface area contributed by atoms with Gasteiger partial charge in [-0.2, -0.15) is 0 Å². The number of nitrogens with one attached hydrogen (secondary N) is 1. The molecule has 1 aromatic carbocycles. The molecule has 3 rings (SSSR count). The molecule has 3 N–H and O–H groups in total. The zero-order valence-electron chi connectivity index (χ0n) is 11.5. The van der Waals surface area contributed by atoms with Gasteiger partial charge in [0.1, 0.15) is 5.82 Å². The van der Waals surface area contributed by atoms with Crippen LogP contribution in [0.15, 0.2) is 24.3 Å². The molecule has 0 unspecified atom stereocenters. The van der Waals surface area contributed by atoms with E-state index in [0.717, 1.165) is 28.4 Å². The number of hydrogen-bond donors (Lipinski definition) is 2. The van der Waals surface area contributed by atoms with Crippen molar-refractivity contribution in [1.29, 1.82) is 0 Å². The van der Waals surface area contributed by atoms with Crippen LogP contribution in [0.25, 0.3) is 22.2 Å². The lowest BCUT2D eigenvalue weighted by atomic mass is 10.1.